The number of thioether (sulfide) groups is 1. The van der Waals surface area contributed by atoms with Crippen LogP contribution in [0.15, 0.2) is 58.5 Å². The lowest BCUT2D eigenvalue weighted by Crippen LogP contribution is -2.17. The minimum atomic E-state index is -0.432. The molecule has 0 unspecified atom stereocenters. The van der Waals surface area contributed by atoms with Crippen molar-refractivity contribution >= 4 is 29.0 Å². The number of para-hydroxylation sites is 1. The number of aromatic nitrogens is 3. The van der Waals surface area contributed by atoms with Crippen molar-refractivity contribution in [3.8, 4) is 17.3 Å². The zero-order chi connectivity index (χ0) is 19.2. The third kappa shape index (κ3) is 4.50. The Labute approximate surface area is 158 Å². The summed E-state index contributed by atoms with van der Waals surface area (Å²) >= 11 is 1.05. The summed E-state index contributed by atoms with van der Waals surface area (Å²) in [7, 11) is 0. The van der Waals surface area contributed by atoms with Crippen molar-refractivity contribution in [2.24, 2.45) is 0 Å². The van der Waals surface area contributed by atoms with Crippen molar-refractivity contribution in [2.45, 2.75) is 5.16 Å². The van der Waals surface area contributed by atoms with Gasteiger partial charge in [0.05, 0.1) is 17.4 Å². The number of anilines is 2. The first-order valence-corrected chi connectivity index (χ1v) is 8.80. The van der Waals surface area contributed by atoms with Crippen LogP contribution in [0.4, 0.5) is 11.4 Å². The lowest BCUT2D eigenvalue weighted by Gasteiger charge is -2.06. The third-order valence-corrected chi connectivity index (χ3v) is 4.39. The minimum Gasteiger partial charge on any atom is -0.398 e. The molecule has 0 aliphatic heterocycles. The van der Waals surface area contributed by atoms with Crippen LogP contribution in [0.25, 0.3) is 11.3 Å². The van der Waals surface area contributed by atoms with Crippen molar-refractivity contribution in [2.75, 3.05) is 16.8 Å². The van der Waals surface area contributed by atoms with Crippen LogP contribution in [0.2, 0.25) is 0 Å². The van der Waals surface area contributed by atoms with Gasteiger partial charge in [0.15, 0.2) is 10.9 Å². The first-order chi connectivity index (χ1) is 13.1. The number of hydrogen-bond donors (Lipinski definition) is 3. The van der Waals surface area contributed by atoms with Gasteiger partial charge in [-0.05, 0) is 30.3 Å². The number of nitrogen functional groups attached to an aromatic ring is 1. The molecule has 2 aromatic carbocycles. The van der Waals surface area contributed by atoms with Gasteiger partial charge in [0.2, 0.25) is 5.91 Å². The van der Waals surface area contributed by atoms with Gasteiger partial charge >= 0.3 is 0 Å². The number of nitrogens with two attached hydrogens (primary N) is 1. The van der Waals surface area contributed by atoms with Gasteiger partial charge in [0.1, 0.15) is 0 Å². The van der Waals surface area contributed by atoms with E-state index in [1.54, 1.807) is 48.5 Å². The molecule has 0 radical (unpaired) electrons. The zero-order valence-corrected chi connectivity index (χ0v) is 14.8. The first kappa shape index (κ1) is 18.2. The Bertz CT molecular complexity index is 1070. The Balaban J connectivity index is 1.63. The molecular formula is C18H14N6O2S. The van der Waals surface area contributed by atoms with Gasteiger partial charge in [0.25, 0.3) is 5.56 Å². The maximum Gasteiger partial charge on any atom is 0.278 e. The summed E-state index contributed by atoms with van der Waals surface area (Å²) in [5.41, 5.74) is 7.56. The molecule has 0 saturated carbocycles. The van der Waals surface area contributed by atoms with Crippen LogP contribution >= 0.6 is 11.8 Å². The van der Waals surface area contributed by atoms with Crippen LogP contribution in [0.3, 0.4) is 0 Å². The summed E-state index contributed by atoms with van der Waals surface area (Å²) in [5.74, 6) is -0.235. The number of hydrogen-bond acceptors (Lipinski definition) is 7. The Kier molecular flexibility index (Phi) is 5.49. The smallest absolute Gasteiger partial charge is 0.278 e. The summed E-state index contributed by atoms with van der Waals surface area (Å²) in [6, 6.07) is 15.4. The average molecular weight is 378 g/mol. The second-order valence-electron chi connectivity index (χ2n) is 5.42. The predicted molar refractivity (Wildman–Crippen MR) is 103 cm³/mol. The molecular weight excluding hydrogens is 364 g/mol. The van der Waals surface area contributed by atoms with Crippen LogP contribution in [0, 0.1) is 11.3 Å². The summed E-state index contributed by atoms with van der Waals surface area (Å²) in [6.45, 7) is 0. The van der Waals surface area contributed by atoms with E-state index in [0.717, 1.165) is 11.8 Å². The number of rotatable bonds is 5. The number of nitrogens with one attached hydrogen (secondary N) is 2. The Hall–Kier alpha value is -3.64. The minimum absolute atomic E-state index is 0.0391. The van der Waals surface area contributed by atoms with Crippen LogP contribution in [-0.4, -0.2) is 26.8 Å². The molecule has 0 bridgehead atoms. The highest BCUT2D eigenvalue weighted by atomic mass is 32.2. The normalized spacial score (nSPS) is 10.2. The van der Waals surface area contributed by atoms with E-state index in [1.165, 1.54) is 0 Å². The number of amides is 1. The van der Waals surface area contributed by atoms with Crippen LogP contribution in [0.5, 0.6) is 0 Å². The van der Waals surface area contributed by atoms with Crippen molar-refractivity contribution in [3.05, 3.63) is 64.4 Å². The van der Waals surface area contributed by atoms with E-state index in [-0.39, 0.29) is 22.5 Å². The summed E-state index contributed by atoms with van der Waals surface area (Å²) in [5, 5.41) is 19.6. The van der Waals surface area contributed by atoms with Gasteiger partial charge in [-0.15, -0.1) is 10.2 Å². The standard InChI is InChI=1S/C18H14N6O2S/c19-9-11-5-7-12(8-6-11)21-15(25)10-27-18-22-17(26)16(23-24-18)13-3-1-2-4-14(13)20/h1-8H,10,20H2,(H,21,25)(H,22,24,26). The van der Waals surface area contributed by atoms with Crippen LogP contribution < -0.4 is 16.6 Å². The fraction of sp³-hybridized carbons (Fsp3) is 0.0556. The predicted octanol–water partition coefficient (Wildman–Crippen LogP) is 2.02. The van der Waals surface area contributed by atoms with Crippen molar-refractivity contribution in [3.63, 3.8) is 0 Å². The third-order valence-electron chi connectivity index (χ3n) is 3.53. The number of aromatic amines is 1. The van der Waals surface area contributed by atoms with E-state index < -0.39 is 5.56 Å². The fourth-order valence-electron chi connectivity index (χ4n) is 2.24. The van der Waals surface area contributed by atoms with E-state index in [2.05, 4.69) is 20.5 Å². The summed E-state index contributed by atoms with van der Waals surface area (Å²) in [6.07, 6.45) is 0. The lowest BCUT2D eigenvalue weighted by molar-refractivity contribution is -0.113. The quantitative estimate of drug-likeness (QED) is 0.456. The van der Waals surface area contributed by atoms with Gasteiger partial charge in [-0.2, -0.15) is 5.26 Å². The molecule has 3 aromatic rings. The molecule has 0 atom stereocenters. The van der Waals surface area contributed by atoms with Crippen molar-refractivity contribution in [1.29, 1.82) is 5.26 Å². The topological polar surface area (TPSA) is 138 Å². The molecule has 0 fully saturated rings. The molecule has 3 rings (SSSR count). The maximum atomic E-state index is 12.2. The number of H-pyrrole nitrogens is 1. The molecule has 27 heavy (non-hydrogen) atoms. The van der Waals surface area contributed by atoms with Crippen molar-refractivity contribution in [1.82, 2.24) is 15.2 Å². The van der Waals surface area contributed by atoms with E-state index >= 15 is 0 Å². The molecule has 1 amide bonds. The summed E-state index contributed by atoms with van der Waals surface area (Å²) < 4.78 is 0. The number of nitrogens with zero attached hydrogens (tertiary/aromatic N) is 3. The van der Waals surface area contributed by atoms with Crippen LogP contribution in [-0.2, 0) is 4.79 Å². The number of carbonyl (C=O) groups excluding carboxylic acids is 1. The van der Waals surface area contributed by atoms with Gasteiger partial charge in [-0.3, -0.25) is 14.6 Å². The highest BCUT2D eigenvalue weighted by Gasteiger charge is 2.11. The summed E-state index contributed by atoms with van der Waals surface area (Å²) in [4.78, 5) is 26.8. The van der Waals surface area contributed by atoms with Gasteiger partial charge in [-0.1, -0.05) is 30.0 Å². The van der Waals surface area contributed by atoms with E-state index in [1.807, 2.05) is 6.07 Å². The number of nitriles is 1. The molecule has 4 N–H and O–H groups in total. The second-order valence-corrected chi connectivity index (χ2v) is 6.39. The molecule has 0 aliphatic rings. The van der Waals surface area contributed by atoms with E-state index in [0.29, 0.717) is 22.5 Å². The van der Waals surface area contributed by atoms with Gasteiger partial charge in [0, 0.05) is 16.9 Å². The Morgan fingerprint density at radius 3 is 2.59 bits per heavy atom. The van der Waals surface area contributed by atoms with Crippen LogP contribution in [0.1, 0.15) is 5.56 Å². The second kappa shape index (κ2) is 8.16. The highest BCUT2D eigenvalue weighted by Crippen LogP contribution is 2.20. The maximum absolute atomic E-state index is 12.2. The first-order valence-electron chi connectivity index (χ1n) is 7.81. The molecule has 134 valence electrons. The molecule has 0 aliphatic carbocycles. The molecule has 0 spiro atoms. The average Bonchev–Trinajstić information content (AvgIpc) is 2.68. The molecule has 1 aromatic heterocycles. The molecule has 9 heteroatoms. The van der Waals surface area contributed by atoms with Crippen molar-refractivity contribution < 1.29 is 4.79 Å². The Morgan fingerprint density at radius 2 is 1.93 bits per heavy atom. The largest absolute Gasteiger partial charge is 0.398 e. The molecule has 8 nitrogen and oxygen atoms in total. The zero-order valence-electron chi connectivity index (χ0n) is 14.0. The number of benzene rings is 2. The van der Waals surface area contributed by atoms with E-state index in [9.17, 15) is 9.59 Å². The lowest BCUT2D eigenvalue weighted by atomic mass is 10.1. The SMILES string of the molecule is N#Cc1ccc(NC(=O)CSc2nnc(-c3ccccc3N)c(=O)[nH]2)cc1. The van der Waals surface area contributed by atoms with E-state index in [4.69, 9.17) is 11.0 Å². The molecule has 1 heterocycles. The van der Waals surface area contributed by atoms with Gasteiger partial charge < -0.3 is 11.1 Å². The molecule has 0 saturated heterocycles. The number of carbonyl (C=O) groups is 1. The fourth-order valence-corrected chi connectivity index (χ4v) is 2.84. The highest BCUT2D eigenvalue weighted by molar-refractivity contribution is 7.99. The monoisotopic (exact) mass is 378 g/mol. The Morgan fingerprint density at radius 1 is 1.19 bits per heavy atom. The van der Waals surface area contributed by atoms with Gasteiger partial charge in [-0.25, -0.2) is 0 Å².